The molecule has 0 aromatic heterocycles. The SMILES string of the molecule is CCCCCC[C@H]1OC[C@@H](C)NC(=O)[C@H](CNC(=O)[C@@H](N)CN)NC(=O)[C@H](CN)NC(=O)[C@H](C2CCCCC2)NC(=O)[C@H](CC(C)C)N(C)C(=O)[C@@H]1C. The van der Waals surface area contributed by atoms with Crippen LogP contribution < -0.4 is 43.8 Å². The standard InChI is InChI=1S/C37H69N9O7/c1-7-8-9-13-16-30-24(5)37(52)46(6)29(17-22(2)3)35(50)45-31(25-14-11-10-12-15-25)36(51)43-27(19-39)33(48)44-28(20-41-32(47)26(40)18-38)34(49)42-23(4)21-53-30/h22-31H,7-21,38-40H2,1-6H3,(H,41,47)(H,42,49)(H,43,51)(H,44,48)(H,45,50)/t23-,24-,26+,27+,28+,29+,30-,31+/m1/s1. The van der Waals surface area contributed by atoms with Crippen LogP contribution in [0.4, 0.5) is 0 Å². The van der Waals surface area contributed by atoms with E-state index in [0.717, 1.165) is 44.9 Å². The second kappa shape index (κ2) is 23.4. The van der Waals surface area contributed by atoms with E-state index in [9.17, 15) is 28.8 Å². The fourth-order valence-electron chi connectivity index (χ4n) is 6.95. The third-order valence-electron chi connectivity index (χ3n) is 10.3. The number of nitrogens with zero attached hydrogens (tertiary/aromatic N) is 1. The number of hydrogen-bond acceptors (Lipinski definition) is 10. The predicted molar refractivity (Wildman–Crippen MR) is 203 cm³/mol. The van der Waals surface area contributed by atoms with Crippen molar-refractivity contribution in [3.63, 3.8) is 0 Å². The van der Waals surface area contributed by atoms with E-state index in [0.29, 0.717) is 25.7 Å². The molecule has 0 aromatic carbocycles. The van der Waals surface area contributed by atoms with Gasteiger partial charge in [0.2, 0.25) is 35.4 Å². The molecular formula is C37H69N9O7. The molecule has 2 rings (SSSR count). The van der Waals surface area contributed by atoms with E-state index in [1.807, 2.05) is 13.8 Å². The first-order valence-corrected chi connectivity index (χ1v) is 19.7. The maximum absolute atomic E-state index is 14.2. The molecule has 0 unspecified atom stereocenters. The van der Waals surface area contributed by atoms with Crippen molar-refractivity contribution in [3.8, 4) is 0 Å². The highest BCUT2D eigenvalue weighted by Gasteiger charge is 2.39. The molecule has 2 aliphatic rings. The molecule has 1 saturated heterocycles. The summed E-state index contributed by atoms with van der Waals surface area (Å²) in [5, 5.41) is 13.7. The number of likely N-dealkylation sites (N-methyl/N-ethyl adjacent to an activating group) is 1. The molecule has 1 saturated carbocycles. The third kappa shape index (κ3) is 14.8. The molecule has 16 heteroatoms. The smallest absolute Gasteiger partial charge is 0.244 e. The number of carbonyl (C=O) groups excluding carboxylic acids is 6. The average Bonchev–Trinajstić information content (AvgIpc) is 3.14. The topological polar surface area (TPSA) is 253 Å². The van der Waals surface area contributed by atoms with Gasteiger partial charge in [-0.2, -0.15) is 0 Å². The van der Waals surface area contributed by atoms with E-state index in [1.165, 1.54) is 4.90 Å². The third-order valence-corrected chi connectivity index (χ3v) is 10.3. The van der Waals surface area contributed by atoms with Crippen molar-refractivity contribution in [1.82, 2.24) is 31.5 Å². The molecule has 8 atom stereocenters. The lowest BCUT2D eigenvalue weighted by molar-refractivity contribution is -0.147. The summed E-state index contributed by atoms with van der Waals surface area (Å²) in [4.78, 5) is 83.6. The molecule has 0 spiro atoms. The lowest BCUT2D eigenvalue weighted by atomic mass is 9.83. The molecule has 304 valence electrons. The summed E-state index contributed by atoms with van der Waals surface area (Å²) in [6.07, 6.45) is 8.49. The molecule has 6 amide bonds. The second-order valence-electron chi connectivity index (χ2n) is 15.3. The van der Waals surface area contributed by atoms with Gasteiger partial charge in [-0.05, 0) is 44.4 Å². The Hall–Kier alpha value is -3.34. The number of nitrogens with two attached hydrogens (primary N) is 3. The molecule has 1 aliphatic heterocycles. The van der Waals surface area contributed by atoms with Gasteiger partial charge < -0.3 is 53.4 Å². The van der Waals surface area contributed by atoms with Crippen molar-refractivity contribution in [2.45, 2.75) is 148 Å². The van der Waals surface area contributed by atoms with Crippen LogP contribution in [0.3, 0.4) is 0 Å². The summed E-state index contributed by atoms with van der Waals surface area (Å²) in [5.74, 6) is -4.05. The number of nitrogens with one attached hydrogen (secondary N) is 5. The van der Waals surface area contributed by atoms with Gasteiger partial charge in [0.1, 0.15) is 24.2 Å². The first-order valence-electron chi connectivity index (χ1n) is 19.7. The molecule has 0 radical (unpaired) electrons. The summed E-state index contributed by atoms with van der Waals surface area (Å²) in [5.41, 5.74) is 17.3. The van der Waals surface area contributed by atoms with Crippen molar-refractivity contribution in [1.29, 1.82) is 0 Å². The number of amides is 6. The van der Waals surface area contributed by atoms with Gasteiger partial charge in [-0.15, -0.1) is 0 Å². The largest absolute Gasteiger partial charge is 0.375 e. The van der Waals surface area contributed by atoms with Crippen LogP contribution in [0.2, 0.25) is 0 Å². The van der Waals surface area contributed by atoms with Crippen molar-refractivity contribution in [2.75, 3.05) is 33.3 Å². The van der Waals surface area contributed by atoms with Crippen molar-refractivity contribution in [3.05, 3.63) is 0 Å². The Morgan fingerprint density at radius 2 is 1.53 bits per heavy atom. The zero-order valence-electron chi connectivity index (χ0n) is 32.9. The number of ether oxygens (including phenoxy) is 1. The molecule has 0 aromatic rings. The summed E-state index contributed by atoms with van der Waals surface area (Å²) in [7, 11) is 1.62. The fraction of sp³-hybridized carbons (Fsp3) is 0.838. The average molecular weight is 752 g/mol. The summed E-state index contributed by atoms with van der Waals surface area (Å²) >= 11 is 0. The zero-order valence-corrected chi connectivity index (χ0v) is 32.9. The van der Waals surface area contributed by atoms with Crippen molar-refractivity contribution in [2.24, 2.45) is 35.0 Å². The highest BCUT2D eigenvalue weighted by Crippen LogP contribution is 2.28. The van der Waals surface area contributed by atoms with Crippen LogP contribution in [0, 0.1) is 17.8 Å². The quantitative estimate of drug-likeness (QED) is 0.115. The van der Waals surface area contributed by atoms with Crippen LogP contribution in [0.1, 0.15) is 105 Å². The van der Waals surface area contributed by atoms with Gasteiger partial charge in [0, 0.05) is 32.7 Å². The molecule has 53 heavy (non-hydrogen) atoms. The van der Waals surface area contributed by atoms with E-state index >= 15 is 0 Å². The van der Waals surface area contributed by atoms with E-state index < -0.39 is 77.8 Å². The molecular weight excluding hydrogens is 682 g/mol. The monoisotopic (exact) mass is 752 g/mol. The van der Waals surface area contributed by atoms with Crippen LogP contribution in [0.15, 0.2) is 0 Å². The minimum absolute atomic E-state index is 0.0526. The van der Waals surface area contributed by atoms with Crippen LogP contribution >= 0.6 is 0 Å². The Balaban J connectivity index is 2.57. The van der Waals surface area contributed by atoms with Crippen LogP contribution in [-0.4, -0.2) is 116 Å². The Morgan fingerprint density at radius 1 is 0.887 bits per heavy atom. The number of unbranched alkanes of at least 4 members (excludes halogenated alkanes) is 3. The number of hydrogen-bond donors (Lipinski definition) is 8. The van der Waals surface area contributed by atoms with Crippen LogP contribution in [0.5, 0.6) is 0 Å². The van der Waals surface area contributed by atoms with Gasteiger partial charge in [0.15, 0.2) is 0 Å². The van der Waals surface area contributed by atoms with Gasteiger partial charge in [-0.1, -0.05) is 72.6 Å². The summed E-state index contributed by atoms with van der Waals surface area (Å²) < 4.78 is 6.35. The van der Waals surface area contributed by atoms with E-state index in [1.54, 1.807) is 20.9 Å². The number of rotatable bonds is 13. The normalized spacial score (nSPS) is 28.5. The van der Waals surface area contributed by atoms with Gasteiger partial charge in [0.25, 0.3) is 0 Å². The predicted octanol–water partition coefficient (Wildman–Crippen LogP) is -0.235. The van der Waals surface area contributed by atoms with Gasteiger partial charge in [0.05, 0.1) is 24.7 Å². The van der Waals surface area contributed by atoms with Gasteiger partial charge in [-0.25, -0.2) is 0 Å². The molecule has 1 aliphatic carbocycles. The lowest BCUT2D eigenvalue weighted by Crippen LogP contribution is -2.63. The van der Waals surface area contributed by atoms with E-state index in [4.69, 9.17) is 21.9 Å². The first kappa shape index (κ1) is 45.8. The molecule has 0 bridgehead atoms. The minimum Gasteiger partial charge on any atom is -0.375 e. The highest BCUT2D eigenvalue weighted by atomic mass is 16.5. The number of carbonyl (C=O) groups is 6. The first-order chi connectivity index (χ1) is 25.1. The molecule has 1 heterocycles. The fourth-order valence-corrected chi connectivity index (χ4v) is 6.95. The molecule has 11 N–H and O–H groups in total. The van der Waals surface area contributed by atoms with Gasteiger partial charge >= 0.3 is 0 Å². The molecule has 16 nitrogen and oxygen atoms in total. The second-order valence-corrected chi connectivity index (χ2v) is 15.3. The van der Waals surface area contributed by atoms with Crippen LogP contribution in [0.25, 0.3) is 0 Å². The zero-order chi connectivity index (χ0) is 39.7. The maximum atomic E-state index is 14.2. The Bertz CT molecular complexity index is 1200. The highest BCUT2D eigenvalue weighted by molar-refractivity contribution is 5.96. The molecule has 2 fully saturated rings. The van der Waals surface area contributed by atoms with E-state index in [2.05, 4.69) is 33.5 Å². The maximum Gasteiger partial charge on any atom is 0.244 e. The Kier molecular flexibility index (Phi) is 20.3. The van der Waals surface area contributed by atoms with Crippen molar-refractivity contribution >= 4 is 35.4 Å². The minimum atomic E-state index is -1.28. The summed E-state index contributed by atoms with van der Waals surface area (Å²) in [6.45, 7) is 8.88. The Morgan fingerprint density at radius 3 is 2.13 bits per heavy atom. The van der Waals surface area contributed by atoms with Gasteiger partial charge in [-0.3, -0.25) is 28.8 Å². The Labute approximate surface area is 315 Å². The summed E-state index contributed by atoms with van der Waals surface area (Å²) in [6, 6.07) is -5.99. The van der Waals surface area contributed by atoms with E-state index in [-0.39, 0.29) is 44.0 Å². The van der Waals surface area contributed by atoms with Crippen molar-refractivity contribution < 1.29 is 33.5 Å². The van der Waals surface area contributed by atoms with Crippen LogP contribution in [-0.2, 0) is 33.5 Å². The lowest BCUT2D eigenvalue weighted by Gasteiger charge is -2.36.